The molecule has 0 bridgehead atoms. The summed E-state index contributed by atoms with van der Waals surface area (Å²) < 4.78 is 12.7. The van der Waals surface area contributed by atoms with Crippen molar-refractivity contribution in [3.63, 3.8) is 0 Å². The maximum atomic E-state index is 12.7. The van der Waals surface area contributed by atoms with Gasteiger partial charge in [-0.05, 0) is 38.5 Å². The van der Waals surface area contributed by atoms with Gasteiger partial charge in [-0.15, -0.1) is 0 Å². The Morgan fingerprint density at radius 2 is 2.16 bits per heavy atom. The zero-order chi connectivity index (χ0) is 17.4. The smallest absolute Gasteiger partial charge is 0.359 e. The SMILES string of the molecule is CCOC(=O)c1nn(CC2CC2)c2c1CN(C(=O)C1CCCO1)CC2. The number of hydrogen-bond donors (Lipinski definition) is 0. The summed E-state index contributed by atoms with van der Waals surface area (Å²) in [6.07, 6.45) is 4.58. The first-order valence-electron chi connectivity index (χ1n) is 9.33. The molecule has 2 aliphatic heterocycles. The third-order valence-corrected chi connectivity index (χ3v) is 5.25. The topological polar surface area (TPSA) is 73.7 Å². The quantitative estimate of drug-likeness (QED) is 0.755. The van der Waals surface area contributed by atoms with Gasteiger partial charge in [-0.3, -0.25) is 9.48 Å². The van der Waals surface area contributed by atoms with E-state index in [4.69, 9.17) is 9.47 Å². The molecule has 136 valence electrons. The first-order valence-corrected chi connectivity index (χ1v) is 9.33. The van der Waals surface area contributed by atoms with Gasteiger partial charge in [0.25, 0.3) is 5.91 Å². The third-order valence-electron chi connectivity index (χ3n) is 5.25. The van der Waals surface area contributed by atoms with Crippen LogP contribution >= 0.6 is 0 Å². The van der Waals surface area contributed by atoms with Crippen molar-refractivity contribution in [3.05, 3.63) is 17.0 Å². The molecule has 25 heavy (non-hydrogen) atoms. The van der Waals surface area contributed by atoms with Gasteiger partial charge in [0.05, 0.1) is 6.61 Å². The van der Waals surface area contributed by atoms with Gasteiger partial charge in [0.1, 0.15) is 6.10 Å². The van der Waals surface area contributed by atoms with E-state index in [2.05, 4.69) is 5.10 Å². The molecule has 1 aromatic rings. The largest absolute Gasteiger partial charge is 0.461 e. The van der Waals surface area contributed by atoms with E-state index >= 15 is 0 Å². The highest BCUT2D eigenvalue weighted by molar-refractivity contribution is 5.90. The first-order chi connectivity index (χ1) is 12.2. The van der Waals surface area contributed by atoms with Crippen LogP contribution in [0.5, 0.6) is 0 Å². The predicted molar refractivity (Wildman–Crippen MR) is 89.0 cm³/mol. The van der Waals surface area contributed by atoms with E-state index in [-0.39, 0.29) is 18.0 Å². The zero-order valence-corrected chi connectivity index (χ0v) is 14.7. The van der Waals surface area contributed by atoms with E-state index in [1.54, 1.807) is 6.92 Å². The summed E-state index contributed by atoms with van der Waals surface area (Å²) in [7, 11) is 0. The van der Waals surface area contributed by atoms with Crippen LogP contribution in [0.15, 0.2) is 0 Å². The lowest BCUT2D eigenvalue weighted by Gasteiger charge is -2.29. The van der Waals surface area contributed by atoms with Crippen LogP contribution in [0.3, 0.4) is 0 Å². The Morgan fingerprint density at radius 3 is 2.84 bits per heavy atom. The van der Waals surface area contributed by atoms with Crippen LogP contribution in [-0.4, -0.2) is 52.4 Å². The Bertz CT molecular complexity index is 674. The summed E-state index contributed by atoms with van der Waals surface area (Å²) in [5.41, 5.74) is 2.32. The fraction of sp³-hybridized carbons (Fsp3) is 0.722. The second kappa shape index (κ2) is 6.78. The van der Waals surface area contributed by atoms with Crippen molar-refractivity contribution in [1.82, 2.24) is 14.7 Å². The maximum absolute atomic E-state index is 12.7. The first kappa shape index (κ1) is 16.6. The lowest BCUT2D eigenvalue weighted by Crippen LogP contribution is -2.42. The van der Waals surface area contributed by atoms with Gasteiger partial charge in [-0.2, -0.15) is 5.10 Å². The van der Waals surface area contributed by atoms with Crippen molar-refractivity contribution in [2.24, 2.45) is 5.92 Å². The molecule has 1 aromatic heterocycles. The second-order valence-corrected chi connectivity index (χ2v) is 7.13. The predicted octanol–water partition coefficient (Wildman–Crippen LogP) is 1.53. The summed E-state index contributed by atoms with van der Waals surface area (Å²) >= 11 is 0. The van der Waals surface area contributed by atoms with E-state index in [9.17, 15) is 9.59 Å². The average Bonchev–Trinajstić information content (AvgIpc) is 3.13. The molecule has 2 fully saturated rings. The van der Waals surface area contributed by atoms with Gasteiger partial charge >= 0.3 is 5.97 Å². The van der Waals surface area contributed by atoms with Gasteiger partial charge < -0.3 is 14.4 Å². The Kier molecular flexibility index (Phi) is 4.50. The zero-order valence-electron chi connectivity index (χ0n) is 14.7. The minimum Gasteiger partial charge on any atom is -0.461 e. The van der Waals surface area contributed by atoms with Crippen molar-refractivity contribution in [1.29, 1.82) is 0 Å². The second-order valence-electron chi connectivity index (χ2n) is 7.13. The molecule has 0 spiro atoms. The molecule has 1 saturated heterocycles. The monoisotopic (exact) mass is 347 g/mol. The Balaban J connectivity index is 1.58. The third kappa shape index (κ3) is 3.29. The molecule has 4 rings (SSSR count). The Morgan fingerprint density at radius 1 is 1.32 bits per heavy atom. The Labute approximate surface area is 147 Å². The minimum absolute atomic E-state index is 0.0351. The standard InChI is InChI=1S/C18H25N3O4/c1-2-24-18(23)16-13-11-20(17(22)15-4-3-9-25-15)8-7-14(13)21(19-16)10-12-5-6-12/h12,15H,2-11H2,1H3. The number of amides is 1. The molecular formula is C18H25N3O4. The number of rotatable bonds is 5. The highest BCUT2D eigenvalue weighted by atomic mass is 16.5. The summed E-state index contributed by atoms with van der Waals surface area (Å²) in [5, 5.41) is 4.55. The van der Waals surface area contributed by atoms with Gasteiger partial charge in [0.15, 0.2) is 5.69 Å². The summed E-state index contributed by atoms with van der Waals surface area (Å²) in [5.74, 6) is 0.318. The number of ether oxygens (including phenoxy) is 2. The fourth-order valence-corrected chi connectivity index (χ4v) is 3.71. The van der Waals surface area contributed by atoms with Crippen molar-refractivity contribution in [2.75, 3.05) is 19.8 Å². The highest BCUT2D eigenvalue weighted by Gasteiger charge is 2.35. The van der Waals surface area contributed by atoms with Crippen molar-refractivity contribution in [3.8, 4) is 0 Å². The molecule has 0 aromatic carbocycles. The molecule has 1 unspecified atom stereocenters. The van der Waals surface area contributed by atoms with Crippen LogP contribution in [0.1, 0.15) is 54.4 Å². The van der Waals surface area contributed by atoms with Crippen molar-refractivity contribution in [2.45, 2.75) is 58.2 Å². The van der Waals surface area contributed by atoms with Gasteiger partial charge in [0.2, 0.25) is 0 Å². The maximum Gasteiger partial charge on any atom is 0.359 e. The lowest BCUT2D eigenvalue weighted by atomic mass is 10.0. The number of hydrogen-bond acceptors (Lipinski definition) is 5. The molecule has 1 saturated carbocycles. The van der Waals surface area contributed by atoms with Crippen LogP contribution in [0.25, 0.3) is 0 Å². The molecule has 0 radical (unpaired) electrons. The number of fused-ring (bicyclic) bond motifs is 1. The molecule has 3 aliphatic rings. The summed E-state index contributed by atoms with van der Waals surface area (Å²) in [6, 6.07) is 0. The molecule has 1 atom stereocenters. The molecule has 1 aliphatic carbocycles. The highest BCUT2D eigenvalue weighted by Crippen LogP contribution is 2.33. The van der Waals surface area contributed by atoms with E-state index in [0.717, 1.165) is 37.1 Å². The van der Waals surface area contributed by atoms with Crippen molar-refractivity contribution >= 4 is 11.9 Å². The van der Waals surface area contributed by atoms with Crippen molar-refractivity contribution < 1.29 is 19.1 Å². The number of carbonyl (C=O) groups is 2. The molecule has 1 amide bonds. The lowest BCUT2D eigenvalue weighted by molar-refractivity contribution is -0.141. The molecule has 7 heteroatoms. The van der Waals surface area contributed by atoms with Gasteiger partial charge in [-0.1, -0.05) is 0 Å². The number of aromatic nitrogens is 2. The summed E-state index contributed by atoms with van der Waals surface area (Å²) in [4.78, 5) is 26.8. The van der Waals surface area contributed by atoms with Crippen LogP contribution in [-0.2, 0) is 33.8 Å². The Hall–Kier alpha value is -1.89. The van der Waals surface area contributed by atoms with Gasteiger partial charge in [-0.25, -0.2) is 4.79 Å². The van der Waals surface area contributed by atoms with E-state index in [0.29, 0.717) is 37.9 Å². The van der Waals surface area contributed by atoms with Crippen LogP contribution in [0, 0.1) is 5.92 Å². The molecule has 7 nitrogen and oxygen atoms in total. The molecular weight excluding hydrogens is 322 g/mol. The number of esters is 1. The van der Waals surface area contributed by atoms with E-state index < -0.39 is 0 Å². The molecule has 3 heterocycles. The number of nitrogens with zero attached hydrogens (tertiary/aromatic N) is 3. The average molecular weight is 347 g/mol. The van der Waals surface area contributed by atoms with E-state index in [1.165, 1.54) is 12.8 Å². The molecule has 0 N–H and O–H groups in total. The van der Waals surface area contributed by atoms with Crippen LogP contribution in [0.4, 0.5) is 0 Å². The normalized spacial score (nSPS) is 22.8. The van der Waals surface area contributed by atoms with Crippen LogP contribution in [0.2, 0.25) is 0 Å². The number of carbonyl (C=O) groups excluding carboxylic acids is 2. The summed E-state index contributed by atoms with van der Waals surface area (Å²) in [6.45, 7) is 4.71. The van der Waals surface area contributed by atoms with Crippen LogP contribution < -0.4 is 0 Å². The fourth-order valence-electron chi connectivity index (χ4n) is 3.71. The minimum atomic E-state index is -0.389. The van der Waals surface area contributed by atoms with E-state index in [1.807, 2.05) is 9.58 Å². The van der Waals surface area contributed by atoms with Gasteiger partial charge in [0, 0.05) is 43.9 Å².